The number of amides is 3. The number of urea groups is 1. The number of rotatable bonds is 1. The highest BCUT2D eigenvalue weighted by atomic mass is 32.1. The maximum Gasteiger partial charge on any atom is 0.326 e. The summed E-state index contributed by atoms with van der Waals surface area (Å²) >= 11 is 4.66. The van der Waals surface area contributed by atoms with Gasteiger partial charge in [0.15, 0.2) is 0 Å². The molecule has 0 saturated heterocycles. The number of benzene rings is 1. The van der Waals surface area contributed by atoms with Gasteiger partial charge in [0.25, 0.3) is 5.91 Å². The molecule has 1 aromatic carbocycles. The van der Waals surface area contributed by atoms with Crippen molar-refractivity contribution in [2.75, 3.05) is 0 Å². The number of thiocarbonyl (C=S) groups is 1. The lowest BCUT2D eigenvalue weighted by Crippen LogP contribution is -2.40. The minimum absolute atomic E-state index is 0.313. The van der Waals surface area contributed by atoms with E-state index in [0.29, 0.717) is 10.6 Å². The van der Waals surface area contributed by atoms with Gasteiger partial charge in [-0.2, -0.15) is 0 Å². The summed E-state index contributed by atoms with van der Waals surface area (Å²) in [5.74, 6) is -0.454. The molecule has 0 aliphatic heterocycles. The van der Waals surface area contributed by atoms with E-state index in [1.807, 2.05) is 0 Å². The first-order valence-electron chi connectivity index (χ1n) is 4.27. The van der Waals surface area contributed by atoms with Crippen LogP contribution in [0.25, 0.3) is 0 Å². The average Bonchev–Trinajstić information content (AvgIpc) is 2.17. The molecule has 1 aromatic rings. The Morgan fingerprint density at radius 3 is 2.27 bits per heavy atom. The second kappa shape index (κ2) is 5.21. The Balaban J connectivity index is 2.57. The van der Waals surface area contributed by atoms with Crippen LogP contribution in [0.15, 0.2) is 30.3 Å². The fourth-order valence-electron chi connectivity index (χ4n) is 0.956. The summed E-state index contributed by atoms with van der Waals surface area (Å²) in [6, 6.07) is 7.85. The number of carbonyl (C=O) groups excluding carboxylic acids is 2. The van der Waals surface area contributed by atoms with Gasteiger partial charge in [0.1, 0.15) is 0 Å². The number of imide groups is 1. The summed E-state index contributed by atoms with van der Waals surface area (Å²) < 4.78 is 0. The zero-order valence-electron chi connectivity index (χ0n) is 8.11. The molecular weight excluding hydrogens is 212 g/mol. The molecule has 1 rings (SSSR count). The molecule has 0 aromatic heterocycles. The first kappa shape index (κ1) is 11.3. The zero-order valence-corrected chi connectivity index (χ0v) is 8.93. The highest BCUT2D eigenvalue weighted by molar-refractivity contribution is 7.80. The predicted molar refractivity (Wildman–Crippen MR) is 60.7 cm³/mol. The van der Waals surface area contributed by atoms with Crippen LogP contribution >= 0.6 is 12.2 Å². The highest BCUT2D eigenvalue weighted by Crippen LogP contribution is 1.97. The summed E-state index contributed by atoms with van der Waals surface area (Å²) in [7, 11) is 0. The van der Waals surface area contributed by atoms with Crippen molar-refractivity contribution in [3.05, 3.63) is 35.9 Å². The Kier molecular flexibility index (Phi) is 3.93. The van der Waals surface area contributed by atoms with Gasteiger partial charge in [-0.25, -0.2) is 4.79 Å². The Labute approximate surface area is 92.7 Å². The molecule has 0 unspecified atom stereocenters. The molecule has 0 aliphatic rings. The molecule has 0 spiro atoms. The van der Waals surface area contributed by atoms with E-state index in [1.165, 1.54) is 0 Å². The predicted octanol–water partition coefficient (Wildman–Crippen LogP) is 1.47. The van der Waals surface area contributed by atoms with Gasteiger partial charge in [0.2, 0.25) is 0 Å². The number of carbonyl (C=O) groups is 2. The number of nitrogens with one attached hydrogen (secondary N) is 2. The maximum absolute atomic E-state index is 11.4. The van der Waals surface area contributed by atoms with Crippen LogP contribution in [0.4, 0.5) is 4.79 Å². The lowest BCUT2D eigenvalue weighted by atomic mass is 10.2. The second-order valence-corrected chi connectivity index (χ2v) is 3.44. The van der Waals surface area contributed by atoms with Gasteiger partial charge in [-0.05, 0) is 19.1 Å². The fraction of sp³-hybridized carbons (Fsp3) is 0.100. The van der Waals surface area contributed by atoms with E-state index < -0.39 is 11.9 Å². The molecule has 0 saturated carbocycles. The SMILES string of the molecule is CC(=S)NC(=O)NC(=O)c1ccccc1. The molecule has 0 bridgehead atoms. The third-order valence-electron chi connectivity index (χ3n) is 1.55. The monoisotopic (exact) mass is 222 g/mol. The van der Waals surface area contributed by atoms with Crippen molar-refractivity contribution in [1.29, 1.82) is 0 Å². The van der Waals surface area contributed by atoms with Gasteiger partial charge in [-0.15, -0.1) is 0 Å². The van der Waals surface area contributed by atoms with E-state index in [9.17, 15) is 9.59 Å². The van der Waals surface area contributed by atoms with E-state index in [0.717, 1.165) is 0 Å². The fourth-order valence-corrected chi connectivity index (χ4v) is 1.05. The standard InChI is InChI=1S/C10H10N2O2S/c1-7(15)11-10(14)12-9(13)8-5-3-2-4-6-8/h2-6H,1H3,(H2,11,12,13,14,15). The molecular formula is C10H10N2O2S. The molecule has 0 atom stereocenters. The summed E-state index contributed by atoms with van der Waals surface area (Å²) in [5.41, 5.74) is 0.426. The highest BCUT2D eigenvalue weighted by Gasteiger charge is 2.08. The molecule has 78 valence electrons. The van der Waals surface area contributed by atoms with Gasteiger partial charge < -0.3 is 5.32 Å². The smallest absolute Gasteiger partial charge is 0.302 e. The van der Waals surface area contributed by atoms with Crippen molar-refractivity contribution in [3.8, 4) is 0 Å². The first-order valence-corrected chi connectivity index (χ1v) is 4.68. The van der Waals surface area contributed by atoms with Crippen molar-refractivity contribution in [1.82, 2.24) is 10.6 Å². The molecule has 2 N–H and O–H groups in total. The van der Waals surface area contributed by atoms with E-state index in [-0.39, 0.29) is 0 Å². The Morgan fingerprint density at radius 1 is 1.13 bits per heavy atom. The number of hydrogen-bond acceptors (Lipinski definition) is 3. The third-order valence-corrected chi connectivity index (χ3v) is 1.65. The van der Waals surface area contributed by atoms with Crippen LogP contribution in [0.1, 0.15) is 17.3 Å². The molecule has 0 radical (unpaired) electrons. The summed E-state index contributed by atoms with van der Waals surface area (Å²) in [6.07, 6.45) is 0. The van der Waals surface area contributed by atoms with Crippen molar-refractivity contribution in [2.24, 2.45) is 0 Å². The van der Waals surface area contributed by atoms with Crippen LogP contribution in [-0.4, -0.2) is 16.9 Å². The molecule has 0 aliphatic carbocycles. The van der Waals surface area contributed by atoms with Crippen LogP contribution in [0.3, 0.4) is 0 Å². The van der Waals surface area contributed by atoms with Crippen LogP contribution in [0.5, 0.6) is 0 Å². The molecule has 3 amide bonds. The first-order chi connectivity index (χ1) is 7.09. The normalized spacial score (nSPS) is 9.13. The average molecular weight is 222 g/mol. The van der Waals surface area contributed by atoms with Gasteiger partial charge in [0.05, 0.1) is 4.99 Å². The zero-order chi connectivity index (χ0) is 11.3. The Hall–Kier alpha value is -1.75. The van der Waals surface area contributed by atoms with Crippen molar-refractivity contribution >= 4 is 29.1 Å². The van der Waals surface area contributed by atoms with Crippen molar-refractivity contribution in [3.63, 3.8) is 0 Å². The van der Waals surface area contributed by atoms with E-state index in [4.69, 9.17) is 0 Å². The molecule has 0 fully saturated rings. The van der Waals surface area contributed by atoms with Crippen LogP contribution < -0.4 is 10.6 Å². The molecule has 15 heavy (non-hydrogen) atoms. The van der Waals surface area contributed by atoms with E-state index >= 15 is 0 Å². The van der Waals surface area contributed by atoms with Gasteiger partial charge in [-0.3, -0.25) is 10.1 Å². The van der Waals surface area contributed by atoms with Gasteiger partial charge in [-0.1, -0.05) is 30.4 Å². The Bertz CT molecular complexity index is 390. The minimum atomic E-state index is -0.614. The lowest BCUT2D eigenvalue weighted by molar-refractivity contribution is 0.0965. The number of hydrogen-bond donors (Lipinski definition) is 2. The topological polar surface area (TPSA) is 58.2 Å². The van der Waals surface area contributed by atoms with Gasteiger partial charge in [0, 0.05) is 5.56 Å². The lowest BCUT2D eigenvalue weighted by Gasteiger charge is -2.04. The van der Waals surface area contributed by atoms with Crippen LogP contribution in [-0.2, 0) is 0 Å². The van der Waals surface area contributed by atoms with E-state index in [2.05, 4.69) is 22.9 Å². The second-order valence-electron chi connectivity index (χ2n) is 2.83. The van der Waals surface area contributed by atoms with Crippen LogP contribution in [0, 0.1) is 0 Å². The summed E-state index contributed by atoms with van der Waals surface area (Å²) in [6.45, 7) is 1.56. The van der Waals surface area contributed by atoms with Crippen molar-refractivity contribution in [2.45, 2.75) is 6.92 Å². The Morgan fingerprint density at radius 2 is 1.73 bits per heavy atom. The molecule has 4 nitrogen and oxygen atoms in total. The van der Waals surface area contributed by atoms with Crippen molar-refractivity contribution < 1.29 is 9.59 Å². The maximum atomic E-state index is 11.4. The van der Waals surface area contributed by atoms with Crippen LogP contribution in [0.2, 0.25) is 0 Å². The quantitative estimate of drug-likeness (QED) is 0.707. The van der Waals surface area contributed by atoms with Gasteiger partial charge >= 0.3 is 6.03 Å². The summed E-state index contributed by atoms with van der Waals surface area (Å²) in [5, 5.41) is 4.46. The third kappa shape index (κ3) is 3.86. The largest absolute Gasteiger partial charge is 0.326 e. The summed E-state index contributed by atoms with van der Waals surface area (Å²) in [4.78, 5) is 22.8. The molecule has 5 heteroatoms. The van der Waals surface area contributed by atoms with E-state index in [1.54, 1.807) is 37.3 Å². The minimum Gasteiger partial charge on any atom is -0.302 e. The molecule has 0 heterocycles.